The molecular formula is C17H42N6. The van der Waals surface area contributed by atoms with E-state index in [0.29, 0.717) is 6.04 Å². The maximum absolute atomic E-state index is 3.73. The molecule has 0 aliphatic carbocycles. The SMILES string of the molecule is CCCCNN(NC(C)C)C(NCC)(NCCC)C(C)(C)NC. The Balaban J connectivity index is 5.63. The molecule has 0 spiro atoms. The molecule has 0 rings (SSSR count). The largest absolute Gasteiger partial charge is 0.311 e. The average Bonchev–Trinajstić information content (AvgIpc) is 2.50. The topological polar surface area (TPSA) is 63.4 Å². The molecule has 0 aromatic heterocycles. The highest BCUT2D eigenvalue weighted by Gasteiger charge is 2.48. The van der Waals surface area contributed by atoms with Crippen molar-refractivity contribution in [1.82, 2.24) is 31.9 Å². The Kier molecular flexibility index (Phi) is 11.2. The Morgan fingerprint density at radius 2 is 1.61 bits per heavy atom. The highest BCUT2D eigenvalue weighted by molar-refractivity contribution is 5.01. The summed E-state index contributed by atoms with van der Waals surface area (Å²) >= 11 is 0. The molecule has 0 heterocycles. The van der Waals surface area contributed by atoms with Crippen LogP contribution in [0.4, 0.5) is 0 Å². The Bertz CT molecular complexity index is 295. The summed E-state index contributed by atoms with van der Waals surface area (Å²) < 4.78 is 0. The number of nitrogens with zero attached hydrogens (tertiary/aromatic N) is 1. The van der Waals surface area contributed by atoms with E-state index < -0.39 is 5.79 Å². The maximum atomic E-state index is 3.73. The lowest BCUT2D eigenvalue weighted by atomic mass is 9.94. The van der Waals surface area contributed by atoms with Gasteiger partial charge in [0.1, 0.15) is 0 Å². The third kappa shape index (κ3) is 6.64. The van der Waals surface area contributed by atoms with E-state index in [1.807, 2.05) is 7.05 Å². The van der Waals surface area contributed by atoms with Crippen molar-refractivity contribution in [1.29, 1.82) is 0 Å². The van der Waals surface area contributed by atoms with Crippen molar-refractivity contribution in [3.63, 3.8) is 0 Å². The fourth-order valence-corrected chi connectivity index (χ4v) is 2.57. The van der Waals surface area contributed by atoms with Crippen molar-refractivity contribution < 1.29 is 0 Å². The van der Waals surface area contributed by atoms with Crippen molar-refractivity contribution >= 4 is 0 Å². The first kappa shape index (κ1) is 22.8. The third-order valence-corrected chi connectivity index (χ3v) is 4.12. The van der Waals surface area contributed by atoms with Crippen LogP contribution in [-0.4, -0.2) is 49.2 Å². The second kappa shape index (κ2) is 11.3. The second-order valence-corrected chi connectivity index (χ2v) is 6.92. The molecule has 0 fully saturated rings. The van der Waals surface area contributed by atoms with Crippen molar-refractivity contribution in [2.45, 2.75) is 85.1 Å². The van der Waals surface area contributed by atoms with Crippen LogP contribution >= 0.6 is 0 Å². The van der Waals surface area contributed by atoms with E-state index >= 15 is 0 Å². The van der Waals surface area contributed by atoms with Crippen LogP contribution < -0.4 is 26.8 Å². The lowest BCUT2D eigenvalue weighted by Crippen LogP contribution is -2.85. The monoisotopic (exact) mass is 330 g/mol. The van der Waals surface area contributed by atoms with Crippen molar-refractivity contribution in [3.05, 3.63) is 0 Å². The molecule has 0 aromatic rings. The molecule has 0 saturated carbocycles. The van der Waals surface area contributed by atoms with E-state index in [0.717, 1.165) is 32.5 Å². The fourth-order valence-electron chi connectivity index (χ4n) is 2.57. The minimum atomic E-state index is -0.454. The highest BCUT2D eigenvalue weighted by atomic mass is 15.8. The summed E-state index contributed by atoms with van der Waals surface area (Å²) in [5.74, 6) is -0.454. The normalized spacial score (nSPS) is 15.4. The van der Waals surface area contributed by atoms with Gasteiger partial charge in [-0.2, -0.15) is 0 Å². The number of nitrogens with one attached hydrogen (secondary N) is 5. The number of hydrogen-bond acceptors (Lipinski definition) is 6. The molecule has 0 saturated heterocycles. The summed E-state index contributed by atoms with van der Waals surface area (Å²) in [7, 11) is 2.01. The summed E-state index contributed by atoms with van der Waals surface area (Å²) in [6, 6.07) is 0.332. The molecule has 140 valence electrons. The molecular weight excluding hydrogens is 288 g/mol. The van der Waals surface area contributed by atoms with Gasteiger partial charge in [-0.05, 0) is 60.7 Å². The second-order valence-electron chi connectivity index (χ2n) is 6.92. The van der Waals surface area contributed by atoms with Crippen molar-refractivity contribution in [3.8, 4) is 0 Å². The Labute approximate surface area is 144 Å². The summed E-state index contributed by atoms with van der Waals surface area (Å²) in [6.45, 7) is 18.1. The van der Waals surface area contributed by atoms with Gasteiger partial charge >= 0.3 is 0 Å². The van der Waals surface area contributed by atoms with Gasteiger partial charge in [-0.25, -0.2) is 10.9 Å². The quantitative estimate of drug-likeness (QED) is 0.190. The number of hydrazine groups is 2. The average molecular weight is 331 g/mol. The molecule has 6 heteroatoms. The van der Waals surface area contributed by atoms with Gasteiger partial charge in [-0.15, -0.1) is 5.12 Å². The van der Waals surface area contributed by atoms with Gasteiger partial charge in [0.25, 0.3) is 0 Å². The summed E-state index contributed by atoms with van der Waals surface area (Å²) in [5, 5.41) is 13.0. The lowest BCUT2D eigenvalue weighted by molar-refractivity contribution is -0.116. The Morgan fingerprint density at radius 1 is 0.957 bits per heavy atom. The molecule has 0 amide bonds. The first-order valence-electron chi connectivity index (χ1n) is 9.30. The molecule has 0 aliphatic rings. The number of unbranched alkanes of at least 4 members (excludes halogenated alkanes) is 1. The van der Waals surface area contributed by atoms with Crippen LogP contribution in [-0.2, 0) is 0 Å². The summed E-state index contributed by atoms with van der Waals surface area (Å²) in [5.41, 5.74) is 6.95. The predicted molar refractivity (Wildman–Crippen MR) is 101 cm³/mol. The molecule has 6 nitrogen and oxygen atoms in total. The molecule has 0 radical (unpaired) electrons. The molecule has 0 bridgehead atoms. The van der Waals surface area contributed by atoms with Gasteiger partial charge in [0.15, 0.2) is 5.79 Å². The van der Waals surface area contributed by atoms with Gasteiger partial charge in [-0.3, -0.25) is 10.6 Å². The molecule has 1 atom stereocenters. The zero-order valence-corrected chi connectivity index (χ0v) is 16.8. The van der Waals surface area contributed by atoms with Crippen molar-refractivity contribution in [2.75, 3.05) is 26.7 Å². The smallest absolute Gasteiger partial charge is 0.171 e. The van der Waals surface area contributed by atoms with Crippen LogP contribution in [0.3, 0.4) is 0 Å². The van der Waals surface area contributed by atoms with Crippen LogP contribution in [0.15, 0.2) is 0 Å². The van der Waals surface area contributed by atoms with Crippen LogP contribution in [0.1, 0.15) is 67.7 Å². The van der Waals surface area contributed by atoms with Crippen LogP contribution in [0.5, 0.6) is 0 Å². The zero-order chi connectivity index (χ0) is 17.9. The van der Waals surface area contributed by atoms with Crippen molar-refractivity contribution in [2.24, 2.45) is 0 Å². The first-order valence-corrected chi connectivity index (χ1v) is 9.30. The van der Waals surface area contributed by atoms with Crippen LogP contribution in [0.25, 0.3) is 0 Å². The number of likely N-dealkylation sites (N-methyl/N-ethyl adjacent to an activating group) is 2. The molecule has 0 aromatic carbocycles. The van der Waals surface area contributed by atoms with E-state index in [1.165, 1.54) is 6.42 Å². The van der Waals surface area contributed by atoms with E-state index in [4.69, 9.17) is 0 Å². The highest BCUT2D eigenvalue weighted by Crippen LogP contribution is 2.22. The third-order valence-electron chi connectivity index (χ3n) is 4.12. The van der Waals surface area contributed by atoms with Gasteiger partial charge in [0.05, 0.1) is 5.54 Å². The van der Waals surface area contributed by atoms with Crippen LogP contribution in [0, 0.1) is 0 Å². The predicted octanol–water partition coefficient (Wildman–Crippen LogP) is 1.77. The maximum Gasteiger partial charge on any atom is 0.171 e. The van der Waals surface area contributed by atoms with Gasteiger partial charge in [-0.1, -0.05) is 27.2 Å². The fraction of sp³-hybridized carbons (Fsp3) is 1.00. The van der Waals surface area contributed by atoms with E-state index in [2.05, 4.69) is 80.4 Å². The standard InChI is InChI=1S/C17H42N6/c1-9-12-14-21-23(22-15(4)5)17(19-11-3,20-13-10-2)16(6,7)18-8/h15,18-22H,9-14H2,1-8H3. The van der Waals surface area contributed by atoms with Crippen LogP contribution in [0.2, 0.25) is 0 Å². The first-order chi connectivity index (χ1) is 10.8. The van der Waals surface area contributed by atoms with Gasteiger partial charge < -0.3 is 5.32 Å². The van der Waals surface area contributed by atoms with E-state index in [-0.39, 0.29) is 5.54 Å². The van der Waals surface area contributed by atoms with E-state index in [1.54, 1.807) is 0 Å². The Hall–Kier alpha value is -0.240. The summed E-state index contributed by atoms with van der Waals surface area (Å²) in [6.07, 6.45) is 3.40. The Morgan fingerprint density at radius 3 is 2.04 bits per heavy atom. The number of hydrogen-bond donors (Lipinski definition) is 5. The van der Waals surface area contributed by atoms with Gasteiger partial charge in [0, 0.05) is 12.6 Å². The summed E-state index contributed by atoms with van der Waals surface area (Å²) in [4.78, 5) is 0. The zero-order valence-electron chi connectivity index (χ0n) is 16.8. The molecule has 1 unspecified atom stereocenters. The molecule has 5 N–H and O–H groups in total. The molecule has 0 aliphatic heterocycles. The number of rotatable bonds is 14. The minimum absolute atomic E-state index is 0.209. The van der Waals surface area contributed by atoms with Gasteiger partial charge in [0.2, 0.25) is 0 Å². The minimum Gasteiger partial charge on any atom is -0.311 e. The lowest BCUT2D eigenvalue weighted by Gasteiger charge is -2.54. The molecule has 23 heavy (non-hydrogen) atoms. The van der Waals surface area contributed by atoms with E-state index in [9.17, 15) is 0 Å².